The van der Waals surface area contributed by atoms with Crippen LogP contribution in [0.25, 0.3) is 11.1 Å². The Hall–Kier alpha value is -4.14. The number of hydrogen-bond acceptors (Lipinski definition) is 6. The van der Waals surface area contributed by atoms with Crippen molar-refractivity contribution in [2.75, 3.05) is 37.1 Å². The third kappa shape index (κ3) is 6.47. The van der Waals surface area contributed by atoms with Crippen LogP contribution in [-0.4, -0.2) is 48.0 Å². The van der Waals surface area contributed by atoms with Crippen LogP contribution in [0.5, 0.6) is 11.5 Å². The smallest absolute Gasteiger partial charge is 0.251 e. The molecule has 1 fully saturated rings. The Morgan fingerprint density at radius 3 is 1.90 bits per heavy atom. The van der Waals surface area contributed by atoms with Crippen molar-refractivity contribution in [2.24, 2.45) is 7.05 Å². The minimum Gasteiger partial charge on any atom is -0.497 e. The van der Waals surface area contributed by atoms with Gasteiger partial charge in [0.1, 0.15) is 23.1 Å². The van der Waals surface area contributed by atoms with Gasteiger partial charge in [-0.3, -0.25) is 4.68 Å². The van der Waals surface area contributed by atoms with E-state index in [4.69, 9.17) is 14.5 Å². The van der Waals surface area contributed by atoms with Crippen LogP contribution in [0.2, 0.25) is 0 Å². The Balaban J connectivity index is 1.54. The third-order valence-electron chi connectivity index (χ3n) is 7.04. The number of aryl methyl sites for hydroxylation is 1. The molecule has 0 radical (unpaired) electrons. The van der Waals surface area contributed by atoms with Crippen molar-refractivity contribution in [3.8, 4) is 22.6 Å². The average molecular weight is 534 g/mol. The topological polar surface area (TPSA) is 55.7 Å². The molecule has 1 saturated heterocycles. The fourth-order valence-corrected chi connectivity index (χ4v) is 4.75. The molecular formula is C30H33F2N5O2. The Kier molecular flexibility index (Phi) is 7.67. The summed E-state index contributed by atoms with van der Waals surface area (Å²) in [5.74, 6) is 0.407. The van der Waals surface area contributed by atoms with Gasteiger partial charge in [0, 0.05) is 57.8 Å². The first kappa shape index (κ1) is 26.5. The largest absolute Gasteiger partial charge is 0.497 e. The van der Waals surface area contributed by atoms with Gasteiger partial charge >= 0.3 is 0 Å². The summed E-state index contributed by atoms with van der Waals surface area (Å²) in [7, 11) is 5.17. The normalized spacial score (nSPS) is 14.7. The second kappa shape index (κ2) is 11.3. The quantitative estimate of drug-likeness (QED) is 0.265. The third-order valence-corrected chi connectivity index (χ3v) is 7.04. The zero-order valence-electron chi connectivity index (χ0n) is 22.5. The molecule has 5 rings (SSSR count). The van der Waals surface area contributed by atoms with Crippen LogP contribution < -0.4 is 19.3 Å². The molecule has 9 heteroatoms. The maximum atomic E-state index is 14.0. The fourth-order valence-electron chi connectivity index (χ4n) is 4.75. The van der Waals surface area contributed by atoms with E-state index >= 15 is 0 Å². The molecule has 3 heterocycles. The second-order valence-electron chi connectivity index (χ2n) is 9.87. The van der Waals surface area contributed by atoms with Crippen molar-refractivity contribution in [2.45, 2.75) is 31.9 Å². The van der Waals surface area contributed by atoms with E-state index in [-0.39, 0.29) is 25.9 Å². The molecule has 0 unspecified atom stereocenters. The van der Waals surface area contributed by atoms with Crippen LogP contribution in [0, 0.1) is 0 Å². The maximum absolute atomic E-state index is 14.0. The number of piperidine rings is 1. The Morgan fingerprint density at radius 2 is 1.41 bits per heavy atom. The van der Waals surface area contributed by atoms with E-state index in [2.05, 4.69) is 10.00 Å². The molecule has 0 bridgehead atoms. The molecule has 2 aromatic heterocycles. The number of alkyl halides is 2. The van der Waals surface area contributed by atoms with Crippen molar-refractivity contribution >= 4 is 11.6 Å². The average Bonchev–Trinajstić information content (AvgIpc) is 3.39. The molecule has 39 heavy (non-hydrogen) atoms. The van der Waals surface area contributed by atoms with Crippen LogP contribution >= 0.6 is 0 Å². The maximum Gasteiger partial charge on any atom is 0.251 e. The van der Waals surface area contributed by atoms with Gasteiger partial charge < -0.3 is 19.3 Å². The lowest BCUT2D eigenvalue weighted by Crippen LogP contribution is -2.40. The van der Waals surface area contributed by atoms with Crippen LogP contribution in [-0.2, 0) is 20.1 Å². The van der Waals surface area contributed by atoms with Gasteiger partial charge in [0.15, 0.2) is 0 Å². The van der Waals surface area contributed by atoms with Gasteiger partial charge in [-0.05, 0) is 53.1 Å². The zero-order valence-corrected chi connectivity index (χ0v) is 22.5. The molecule has 7 nitrogen and oxygen atoms in total. The number of nitrogens with zero attached hydrogens (tertiary/aromatic N) is 5. The lowest BCUT2D eigenvalue weighted by atomic mass is 10.1. The number of ether oxygens (including phenoxy) is 2. The van der Waals surface area contributed by atoms with Crippen molar-refractivity contribution in [3.63, 3.8) is 0 Å². The zero-order chi connectivity index (χ0) is 27.4. The van der Waals surface area contributed by atoms with Crippen molar-refractivity contribution in [1.29, 1.82) is 0 Å². The summed E-state index contributed by atoms with van der Waals surface area (Å²) in [5.41, 5.74) is 4.07. The Morgan fingerprint density at radius 1 is 0.846 bits per heavy atom. The van der Waals surface area contributed by atoms with Crippen LogP contribution in [0.4, 0.5) is 20.4 Å². The fraction of sp³-hybridized carbons (Fsp3) is 0.333. The minimum absolute atomic E-state index is 0.178. The summed E-state index contributed by atoms with van der Waals surface area (Å²) >= 11 is 0. The Labute approximate surface area is 227 Å². The molecular weight excluding hydrogens is 500 g/mol. The van der Waals surface area contributed by atoms with Gasteiger partial charge in [-0.1, -0.05) is 24.3 Å². The standard InChI is InChI=1S/C30H33F2N5O2/c1-35-21-25(18-33-35)24-16-28(36-14-12-30(31,32)13-15-36)34-29(17-24)37(19-22-4-8-26(38-2)9-5-22)20-23-6-10-27(39-3)11-7-23/h4-11,16-18,21H,12-15,19-20H2,1-3H3. The first-order valence-electron chi connectivity index (χ1n) is 13.0. The second-order valence-corrected chi connectivity index (χ2v) is 9.87. The highest BCUT2D eigenvalue weighted by Crippen LogP contribution is 2.34. The molecule has 0 amide bonds. The van der Waals surface area contributed by atoms with Gasteiger partial charge in [-0.2, -0.15) is 5.10 Å². The molecule has 0 atom stereocenters. The molecule has 0 saturated carbocycles. The number of anilines is 2. The number of pyridine rings is 1. The summed E-state index contributed by atoms with van der Waals surface area (Å²) in [6, 6.07) is 20.0. The summed E-state index contributed by atoms with van der Waals surface area (Å²) in [4.78, 5) is 9.19. The number of hydrogen-bond donors (Lipinski definition) is 0. The lowest BCUT2D eigenvalue weighted by Gasteiger charge is -2.34. The molecule has 204 valence electrons. The number of aromatic nitrogens is 3. The minimum atomic E-state index is -2.63. The number of methoxy groups -OCH3 is 2. The predicted molar refractivity (Wildman–Crippen MR) is 149 cm³/mol. The first-order chi connectivity index (χ1) is 18.8. The predicted octanol–water partition coefficient (Wildman–Crippen LogP) is 5.94. The SMILES string of the molecule is COc1ccc(CN(Cc2ccc(OC)cc2)c2cc(-c3cnn(C)c3)cc(N3CCC(F)(F)CC3)n2)cc1. The molecule has 0 N–H and O–H groups in total. The number of benzene rings is 2. The van der Waals surface area contributed by atoms with Gasteiger partial charge in [0.05, 0.1) is 20.4 Å². The molecule has 0 aliphatic carbocycles. The lowest BCUT2D eigenvalue weighted by molar-refractivity contribution is -0.0221. The van der Waals surface area contributed by atoms with Crippen molar-refractivity contribution in [3.05, 3.63) is 84.2 Å². The van der Waals surface area contributed by atoms with Gasteiger partial charge in [-0.15, -0.1) is 0 Å². The van der Waals surface area contributed by atoms with E-state index in [0.29, 0.717) is 18.9 Å². The number of halogens is 2. The van der Waals surface area contributed by atoms with Crippen molar-refractivity contribution in [1.82, 2.24) is 14.8 Å². The first-order valence-corrected chi connectivity index (χ1v) is 13.0. The molecule has 1 aliphatic rings. The summed E-state index contributed by atoms with van der Waals surface area (Å²) in [6.45, 7) is 1.70. The van der Waals surface area contributed by atoms with E-state index in [1.807, 2.05) is 85.0 Å². The van der Waals surface area contributed by atoms with E-state index < -0.39 is 5.92 Å². The number of rotatable bonds is 9. The van der Waals surface area contributed by atoms with Crippen molar-refractivity contribution < 1.29 is 18.3 Å². The summed E-state index contributed by atoms with van der Waals surface area (Å²) in [6.07, 6.45) is 3.40. The van der Waals surface area contributed by atoms with E-state index in [9.17, 15) is 8.78 Å². The van der Waals surface area contributed by atoms with E-state index in [1.165, 1.54) is 0 Å². The summed E-state index contributed by atoms with van der Waals surface area (Å²) in [5, 5.41) is 4.34. The molecule has 2 aromatic carbocycles. The van der Waals surface area contributed by atoms with Crippen LogP contribution in [0.15, 0.2) is 73.1 Å². The van der Waals surface area contributed by atoms with Crippen LogP contribution in [0.1, 0.15) is 24.0 Å². The molecule has 4 aromatic rings. The molecule has 1 aliphatic heterocycles. The van der Waals surface area contributed by atoms with Gasteiger partial charge in [0.25, 0.3) is 5.92 Å². The van der Waals surface area contributed by atoms with Crippen LogP contribution in [0.3, 0.4) is 0 Å². The van der Waals surface area contributed by atoms with E-state index in [0.717, 1.165) is 39.6 Å². The Bertz CT molecular complexity index is 1330. The van der Waals surface area contributed by atoms with Gasteiger partial charge in [0.2, 0.25) is 0 Å². The highest BCUT2D eigenvalue weighted by molar-refractivity contribution is 5.70. The molecule has 0 spiro atoms. The van der Waals surface area contributed by atoms with Gasteiger partial charge in [-0.25, -0.2) is 13.8 Å². The monoisotopic (exact) mass is 533 g/mol. The summed E-state index contributed by atoms with van der Waals surface area (Å²) < 4.78 is 40.3. The highest BCUT2D eigenvalue weighted by Gasteiger charge is 2.34. The van der Waals surface area contributed by atoms with E-state index in [1.54, 1.807) is 18.9 Å². The highest BCUT2D eigenvalue weighted by atomic mass is 19.3.